The number of rotatable bonds is 4. The first kappa shape index (κ1) is 9.96. The summed E-state index contributed by atoms with van der Waals surface area (Å²) in [6.45, 7) is 3.09. The van der Waals surface area contributed by atoms with Gasteiger partial charge in [0.05, 0.1) is 12.7 Å². The topological polar surface area (TPSA) is 43.4 Å². The van der Waals surface area contributed by atoms with E-state index in [1.54, 1.807) is 0 Å². The Labute approximate surface area is 74.0 Å². The molecule has 3 nitrogen and oxygen atoms in total. The molecular weight excluding hydrogens is 154 g/mol. The molecule has 0 spiro atoms. The van der Waals surface area contributed by atoms with Crippen molar-refractivity contribution in [2.45, 2.75) is 31.8 Å². The van der Waals surface area contributed by atoms with Gasteiger partial charge < -0.3 is 10.0 Å². The monoisotopic (exact) mass is 172 g/mol. The van der Waals surface area contributed by atoms with Gasteiger partial charge in [0.2, 0.25) is 0 Å². The number of unbranched alkanes of at least 4 members (excludes halogenated alkanes) is 1. The summed E-state index contributed by atoms with van der Waals surface area (Å²) in [6.07, 6.45) is 3.52. The minimum atomic E-state index is -0.0826. The van der Waals surface area contributed by atoms with Crippen molar-refractivity contribution in [3.63, 3.8) is 0 Å². The summed E-state index contributed by atoms with van der Waals surface area (Å²) >= 11 is 0. The van der Waals surface area contributed by atoms with Crippen LogP contribution in [0.15, 0.2) is 0 Å². The van der Waals surface area contributed by atoms with Crippen molar-refractivity contribution in [3.8, 4) is 0 Å². The average Bonchev–Trinajstić information content (AvgIpc) is 2.09. The van der Waals surface area contributed by atoms with E-state index in [1.165, 1.54) is 0 Å². The van der Waals surface area contributed by atoms with Crippen molar-refractivity contribution in [1.29, 1.82) is 0 Å². The smallest absolute Gasteiger partial charge is 0.0822 e. The van der Waals surface area contributed by atoms with E-state index in [1.807, 2.05) is 0 Å². The predicted octanol–water partition coefficient (Wildman–Crippen LogP) is 0.654. The molecule has 0 aromatic carbocycles. The molecule has 0 aromatic rings. The van der Waals surface area contributed by atoms with Gasteiger partial charge in [0.1, 0.15) is 0 Å². The fraction of sp³-hybridized carbons (Fsp3) is 1.00. The Morgan fingerprint density at radius 1 is 1.25 bits per heavy atom. The van der Waals surface area contributed by atoms with Gasteiger partial charge >= 0.3 is 0 Å². The Morgan fingerprint density at radius 2 is 1.92 bits per heavy atom. The maximum Gasteiger partial charge on any atom is 0.0822 e. The minimum absolute atomic E-state index is 0.0520. The van der Waals surface area contributed by atoms with E-state index in [2.05, 4.69) is 4.90 Å². The van der Waals surface area contributed by atoms with Gasteiger partial charge in [0.25, 0.3) is 0 Å². The van der Waals surface area contributed by atoms with Gasteiger partial charge in [0, 0.05) is 13.1 Å². The molecule has 1 radical (unpaired) electrons. The molecular formula is C9H18NO2. The normalized spacial score (nSPS) is 21.5. The number of aliphatic hydroxyl groups excluding tert-OH is 1. The molecule has 0 aromatic heterocycles. The molecule has 1 rings (SSSR count). The maximum absolute atomic E-state index is 10.2. The van der Waals surface area contributed by atoms with Crippen LogP contribution in [0.1, 0.15) is 25.7 Å². The van der Waals surface area contributed by atoms with Gasteiger partial charge in [-0.05, 0) is 32.2 Å². The third-order valence-corrected chi connectivity index (χ3v) is 2.43. The second-order valence-corrected chi connectivity index (χ2v) is 3.48. The van der Waals surface area contributed by atoms with Gasteiger partial charge in [-0.2, -0.15) is 0 Å². The molecule has 0 aliphatic carbocycles. The fourth-order valence-corrected chi connectivity index (χ4v) is 1.58. The number of hydrogen-bond donors (Lipinski definition) is 1. The Morgan fingerprint density at radius 3 is 2.50 bits per heavy atom. The van der Waals surface area contributed by atoms with Crippen LogP contribution in [0.5, 0.6) is 0 Å². The predicted molar refractivity (Wildman–Crippen MR) is 46.5 cm³/mol. The van der Waals surface area contributed by atoms with Gasteiger partial charge in [-0.3, -0.25) is 0 Å². The summed E-state index contributed by atoms with van der Waals surface area (Å²) in [5.41, 5.74) is 0. The van der Waals surface area contributed by atoms with Crippen LogP contribution < -0.4 is 0 Å². The van der Waals surface area contributed by atoms with E-state index in [9.17, 15) is 10.2 Å². The SMILES string of the molecule is [O]CCCCN1CCC(O)CC1. The highest BCUT2D eigenvalue weighted by molar-refractivity contribution is 4.70. The van der Waals surface area contributed by atoms with E-state index in [0.29, 0.717) is 0 Å². The minimum Gasteiger partial charge on any atom is -0.393 e. The van der Waals surface area contributed by atoms with Crippen molar-refractivity contribution in [3.05, 3.63) is 0 Å². The largest absolute Gasteiger partial charge is 0.393 e. The van der Waals surface area contributed by atoms with Gasteiger partial charge in [-0.25, -0.2) is 5.11 Å². The highest BCUT2D eigenvalue weighted by Crippen LogP contribution is 2.10. The number of aliphatic hydroxyl groups is 1. The zero-order valence-corrected chi connectivity index (χ0v) is 7.54. The number of hydrogen-bond acceptors (Lipinski definition) is 2. The quantitative estimate of drug-likeness (QED) is 0.633. The molecule has 0 bridgehead atoms. The standard InChI is InChI=1S/C9H18NO2/c11-8-2-1-5-10-6-3-9(12)4-7-10/h9,12H,1-8H2. The van der Waals surface area contributed by atoms with Crippen molar-refractivity contribution >= 4 is 0 Å². The molecule has 71 valence electrons. The van der Waals surface area contributed by atoms with Crippen LogP contribution in [0.4, 0.5) is 0 Å². The van der Waals surface area contributed by atoms with Crippen molar-refractivity contribution in [2.75, 3.05) is 26.2 Å². The van der Waals surface area contributed by atoms with Gasteiger partial charge in [-0.1, -0.05) is 0 Å². The third kappa shape index (κ3) is 3.52. The van der Waals surface area contributed by atoms with E-state index in [-0.39, 0.29) is 12.7 Å². The molecule has 0 atom stereocenters. The van der Waals surface area contributed by atoms with Crippen LogP contribution in [0.3, 0.4) is 0 Å². The second kappa shape index (κ2) is 5.51. The summed E-state index contributed by atoms with van der Waals surface area (Å²) in [7, 11) is 0. The maximum atomic E-state index is 10.2. The molecule has 3 heteroatoms. The average molecular weight is 172 g/mol. The molecule has 0 saturated carbocycles. The van der Waals surface area contributed by atoms with Crippen LogP contribution in [0, 0.1) is 0 Å². The molecule has 12 heavy (non-hydrogen) atoms. The molecule has 0 unspecified atom stereocenters. The molecule has 0 amide bonds. The van der Waals surface area contributed by atoms with E-state index >= 15 is 0 Å². The van der Waals surface area contributed by atoms with Crippen molar-refractivity contribution in [1.82, 2.24) is 4.90 Å². The Hall–Kier alpha value is -0.120. The van der Waals surface area contributed by atoms with Crippen LogP contribution in [0.25, 0.3) is 0 Å². The highest BCUT2D eigenvalue weighted by atomic mass is 16.3. The first-order valence-electron chi connectivity index (χ1n) is 4.81. The van der Waals surface area contributed by atoms with Crippen LogP contribution in [-0.2, 0) is 5.11 Å². The molecule has 1 heterocycles. The summed E-state index contributed by atoms with van der Waals surface area (Å²) in [5, 5.41) is 19.4. The van der Waals surface area contributed by atoms with E-state index in [4.69, 9.17) is 0 Å². The Balaban J connectivity index is 2.01. The number of piperidine rings is 1. The van der Waals surface area contributed by atoms with Crippen LogP contribution >= 0.6 is 0 Å². The van der Waals surface area contributed by atoms with Crippen molar-refractivity contribution < 1.29 is 10.2 Å². The van der Waals surface area contributed by atoms with Gasteiger partial charge in [-0.15, -0.1) is 0 Å². The molecule has 1 saturated heterocycles. The van der Waals surface area contributed by atoms with Crippen LogP contribution in [-0.4, -0.2) is 42.4 Å². The Kier molecular flexibility index (Phi) is 4.58. The molecule has 1 fully saturated rings. The van der Waals surface area contributed by atoms with Gasteiger partial charge in [0.15, 0.2) is 0 Å². The zero-order chi connectivity index (χ0) is 8.81. The molecule has 1 aliphatic heterocycles. The molecule has 1 aliphatic rings. The lowest BCUT2D eigenvalue weighted by molar-refractivity contribution is 0.0800. The second-order valence-electron chi connectivity index (χ2n) is 3.48. The fourth-order valence-electron chi connectivity index (χ4n) is 1.58. The van der Waals surface area contributed by atoms with E-state index in [0.717, 1.165) is 45.3 Å². The highest BCUT2D eigenvalue weighted by Gasteiger charge is 2.15. The third-order valence-electron chi connectivity index (χ3n) is 2.43. The van der Waals surface area contributed by atoms with E-state index < -0.39 is 0 Å². The lowest BCUT2D eigenvalue weighted by Gasteiger charge is -2.29. The first-order valence-corrected chi connectivity index (χ1v) is 4.81. The summed E-state index contributed by atoms with van der Waals surface area (Å²) in [6, 6.07) is 0. The zero-order valence-electron chi connectivity index (χ0n) is 7.54. The number of nitrogens with zero attached hydrogens (tertiary/aromatic N) is 1. The summed E-state index contributed by atoms with van der Waals surface area (Å²) < 4.78 is 0. The van der Waals surface area contributed by atoms with Crippen LogP contribution in [0.2, 0.25) is 0 Å². The number of likely N-dealkylation sites (tertiary alicyclic amines) is 1. The first-order chi connectivity index (χ1) is 5.83. The lowest BCUT2D eigenvalue weighted by Crippen LogP contribution is -2.36. The lowest BCUT2D eigenvalue weighted by atomic mass is 10.1. The molecule has 1 N–H and O–H groups in total. The summed E-state index contributed by atoms with van der Waals surface area (Å²) in [4.78, 5) is 2.34. The Bertz CT molecular complexity index is 111. The summed E-state index contributed by atoms with van der Waals surface area (Å²) in [5.74, 6) is 0. The van der Waals surface area contributed by atoms with Crippen molar-refractivity contribution in [2.24, 2.45) is 0 Å².